The molecule has 1 fully saturated rings. The number of carbonyl (C=O) groups excluding carboxylic acids is 3. The maximum absolute atomic E-state index is 12.9. The maximum atomic E-state index is 12.9. The van der Waals surface area contributed by atoms with Crippen LogP contribution in [0.5, 0.6) is 0 Å². The number of hydrogen-bond acceptors (Lipinski definition) is 6. The fourth-order valence-corrected chi connectivity index (χ4v) is 5.19. The third-order valence-electron chi connectivity index (χ3n) is 5.56. The summed E-state index contributed by atoms with van der Waals surface area (Å²) in [7, 11) is 0. The molecule has 0 bridgehead atoms. The number of aliphatic hydroxyl groups is 1. The number of amides is 2. The molecule has 0 saturated carbocycles. The number of esters is 1. The van der Waals surface area contributed by atoms with Crippen LogP contribution < -0.4 is 4.90 Å². The normalized spacial score (nSPS) is 23.3. The number of β-lactam (4-membered cyclic amide) rings is 1. The van der Waals surface area contributed by atoms with Crippen molar-refractivity contribution >= 4 is 35.2 Å². The molecule has 3 rings (SSSR count). The van der Waals surface area contributed by atoms with Crippen LogP contribution in [-0.2, 0) is 25.3 Å². The molecule has 11 heteroatoms. The van der Waals surface area contributed by atoms with E-state index in [4.69, 9.17) is 4.74 Å². The number of aliphatic hydroxyl groups excluding tert-OH is 1. The first-order valence-electron chi connectivity index (χ1n) is 10.4. The lowest BCUT2D eigenvalue weighted by Crippen LogP contribution is -2.70. The van der Waals surface area contributed by atoms with E-state index >= 15 is 0 Å². The Kier molecular flexibility index (Phi) is 6.92. The van der Waals surface area contributed by atoms with Gasteiger partial charge in [0.25, 0.3) is 5.91 Å². The van der Waals surface area contributed by atoms with Crippen LogP contribution in [0.1, 0.15) is 33.3 Å². The van der Waals surface area contributed by atoms with Gasteiger partial charge in [0.1, 0.15) is 22.3 Å². The Bertz CT molecular complexity index is 1040. The van der Waals surface area contributed by atoms with E-state index in [-0.39, 0.29) is 11.3 Å². The van der Waals surface area contributed by atoms with Gasteiger partial charge in [0.2, 0.25) is 5.91 Å². The number of hydrogen-bond donors (Lipinski definition) is 1. The zero-order valence-electron chi connectivity index (χ0n) is 19.0. The second-order valence-electron chi connectivity index (χ2n) is 8.56. The molecule has 34 heavy (non-hydrogen) atoms. The third kappa shape index (κ3) is 4.85. The molecule has 0 spiro atoms. The van der Waals surface area contributed by atoms with E-state index < -0.39 is 57.9 Å². The van der Waals surface area contributed by atoms with E-state index in [1.807, 2.05) is 0 Å². The van der Waals surface area contributed by atoms with Gasteiger partial charge in [-0.05, 0) is 56.7 Å². The molecule has 4 atom stereocenters. The highest BCUT2D eigenvalue weighted by molar-refractivity contribution is 8.01. The van der Waals surface area contributed by atoms with Gasteiger partial charge in [0, 0.05) is 18.8 Å². The Morgan fingerprint density at radius 2 is 1.85 bits per heavy atom. The molecule has 0 aliphatic carbocycles. The van der Waals surface area contributed by atoms with E-state index in [0.717, 1.165) is 40.9 Å². The third-order valence-corrected chi connectivity index (χ3v) is 7.06. The molecule has 1 saturated heterocycles. The number of ether oxygens (including phenoxy) is 1. The van der Waals surface area contributed by atoms with Gasteiger partial charge in [0.05, 0.1) is 11.7 Å². The molecule has 2 aliphatic heterocycles. The Morgan fingerprint density at radius 3 is 2.32 bits per heavy atom. The van der Waals surface area contributed by atoms with Crippen molar-refractivity contribution in [2.24, 2.45) is 0 Å². The summed E-state index contributed by atoms with van der Waals surface area (Å²) in [6, 6.07) is 2.88. The zero-order valence-corrected chi connectivity index (χ0v) is 19.8. The number of carbonyl (C=O) groups is 3. The van der Waals surface area contributed by atoms with Crippen molar-refractivity contribution in [1.29, 1.82) is 0 Å². The van der Waals surface area contributed by atoms with Crippen LogP contribution in [0.3, 0.4) is 0 Å². The first-order chi connectivity index (χ1) is 15.7. The summed E-state index contributed by atoms with van der Waals surface area (Å²) in [4.78, 5) is 40.8. The minimum absolute atomic E-state index is 0.122. The number of benzene rings is 1. The molecule has 7 nitrogen and oxygen atoms in total. The number of rotatable bonds is 6. The molecule has 184 valence electrons. The molecule has 1 N–H and O–H groups in total. The Balaban J connectivity index is 1.93. The summed E-state index contributed by atoms with van der Waals surface area (Å²) in [5.41, 5.74) is -1.47. The average molecular weight is 499 g/mol. The van der Waals surface area contributed by atoms with Gasteiger partial charge in [-0.3, -0.25) is 19.3 Å². The van der Waals surface area contributed by atoms with E-state index in [9.17, 15) is 32.7 Å². The largest absolute Gasteiger partial charge is 0.454 e. The van der Waals surface area contributed by atoms with E-state index in [1.165, 1.54) is 31.0 Å². The van der Waals surface area contributed by atoms with Gasteiger partial charge < -0.3 is 14.7 Å². The van der Waals surface area contributed by atoms with Crippen molar-refractivity contribution in [3.05, 3.63) is 54.3 Å². The van der Waals surface area contributed by atoms with Crippen molar-refractivity contribution in [3.8, 4) is 0 Å². The lowest BCUT2D eigenvalue weighted by molar-refractivity contribution is -0.152. The van der Waals surface area contributed by atoms with Crippen LogP contribution >= 0.6 is 11.8 Å². The smallest absolute Gasteiger partial charge is 0.416 e. The fraction of sp³-hybridized carbons (Fsp3) is 0.435. The van der Waals surface area contributed by atoms with Crippen LogP contribution in [0.15, 0.2) is 48.7 Å². The Hall–Kier alpha value is -2.79. The quantitative estimate of drug-likeness (QED) is 0.367. The first kappa shape index (κ1) is 25.8. The van der Waals surface area contributed by atoms with E-state index in [2.05, 4.69) is 6.58 Å². The molecule has 2 heterocycles. The number of nitrogens with zero attached hydrogens (tertiary/aromatic N) is 2. The lowest BCUT2D eigenvalue weighted by Gasteiger charge is -2.52. The second-order valence-corrected chi connectivity index (χ2v) is 9.79. The van der Waals surface area contributed by atoms with Crippen LogP contribution in [0.25, 0.3) is 0 Å². The summed E-state index contributed by atoms with van der Waals surface area (Å²) >= 11 is 1.03. The molecule has 2 amide bonds. The summed E-state index contributed by atoms with van der Waals surface area (Å²) in [5.74, 6) is -1.68. The monoisotopic (exact) mass is 498 g/mol. The van der Waals surface area contributed by atoms with Crippen LogP contribution in [0, 0.1) is 0 Å². The molecule has 1 aromatic carbocycles. The number of fused-ring (bicyclic) bond motifs is 1. The highest BCUT2D eigenvalue weighted by atomic mass is 32.2. The number of thioether (sulfide) groups is 1. The number of alkyl halides is 3. The van der Waals surface area contributed by atoms with Gasteiger partial charge in [-0.2, -0.15) is 13.2 Å². The van der Waals surface area contributed by atoms with Crippen molar-refractivity contribution in [3.63, 3.8) is 0 Å². The molecular weight excluding hydrogens is 473 g/mol. The minimum Gasteiger partial charge on any atom is -0.454 e. The van der Waals surface area contributed by atoms with E-state index in [1.54, 1.807) is 13.8 Å². The second kappa shape index (κ2) is 9.10. The highest BCUT2D eigenvalue weighted by Crippen LogP contribution is 2.45. The van der Waals surface area contributed by atoms with Gasteiger partial charge in [0.15, 0.2) is 0 Å². The molecule has 0 radical (unpaired) electrons. The molecular formula is C23H25F3N2O5S. The number of anilines is 1. The van der Waals surface area contributed by atoms with Gasteiger partial charge in [-0.25, -0.2) is 0 Å². The van der Waals surface area contributed by atoms with Crippen LogP contribution in [-0.4, -0.2) is 56.2 Å². The average Bonchev–Trinajstić information content (AvgIpc) is 2.75. The minimum atomic E-state index is -4.54. The zero-order chi connectivity index (χ0) is 25.6. The van der Waals surface area contributed by atoms with Crippen molar-refractivity contribution in [2.45, 2.75) is 62.2 Å². The summed E-state index contributed by atoms with van der Waals surface area (Å²) in [6.07, 6.45) is -2.77. The van der Waals surface area contributed by atoms with Crippen molar-refractivity contribution < 1.29 is 37.4 Å². The lowest BCUT2D eigenvalue weighted by atomic mass is 10.0. The number of halogens is 3. The van der Waals surface area contributed by atoms with Gasteiger partial charge in [-0.15, -0.1) is 11.8 Å². The fourth-order valence-electron chi connectivity index (χ4n) is 3.65. The Labute approximate surface area is 199 Å². The van der Waals surface area contributed by atoms with Gasteiger partial charge >= 0.3 is 12.1 Å². The summed E-state index contributed by atoms with van der Waals surface area (Å²) in [6.45, 7) is 9.57. The molecule has 0 aromatic heterocycles. The highest BCUT2D eigenvalue weighted by Gasteiger charge is 2.56. The Morgan fingerprint density at radius 1 is 1.26 bits per heavy atom. The first-order valence-corrected chi connectivity index (χ1v) is 11.3. The predicted octanol–water partition coefficient (Wildman–Crippen LogP) is 3.48. The molecule has 3 unspecified atom stereocenters. The molecule has 2 aliphatic rings. The van der Waals surface area contributed by atoms with Crippen LogP contribution in [0.4, 0.5) is 18.9 Å². The van der Waals surface area contributed by atoms with Gasteiger partial charge in [-0.1, -0.05) is 6.58 Å². The van der Waals surface area contributed by atoms with Crippen LogP contribution in [0.2, 0.25) is 0 Å². The SMILES string of the molecule is C=CC(C)(C)OC(=O)C1S[C@@H]2C(N(C(C)=O)c3ccc(C(F)(F)F)cc3)C(=O)N2C=C1C(C)O. The van der Waals surface area contributed by atoms with Crippen molar-refractivity contribution in [2.75, 3.05) is 4.90 Å². The van der Waals surface area contributed by atoms with E-state index in [0.29, 0.717) is 0 Å². The summed E-state index contributed by atoms with van der Waals surface area (Å²) in [5, 5.41) is 8.53. The van der Waals surface area contributed by atoms with Crippen molar-refractivity contribution in [1.82, 2.24) is 4.90 Å². The summed E-state index contributed by atoms with van der Waals surface area (Å²) < 4.78 is 44.3. The standard InChI is InChI=1S/C23H25F3N2O5S/c1-6-22(4,5)33-21(32)18-16(12(2)29)11-27-19(31)17(20(27)34-18)28(13(3)30)15-9-7-14(8-10-15)23(24,25)26/h6-12,17-18,20,29H,1H2,2-5H3/t12?,17?,18?,20-/m1/s1. The topological polar surface area (TPSA) is 87.2 Å². The maximum Gasteiger partial charge on any atom is 0.416 e. The predicted molar refractivity (Wildman–Crippen MR) is 121 cm³/mol. The molecule has 1 aromatic rings.